The van der Waals surface area contributed by atoms with E-state index in [1.807, 2.05) is 0 Å². The maximum Gasteiger partial charge on any atom is 0.0201 e. The van der Waals surface area contributed by atoms with E-state index in [9.17, 15) is 0 Å². The van der Waals surface area contributed by atoms with E-state index in [-0.39, 0.29) is 0 Å². The van der Waals surface area contributed by atoms with Gasteiger partial charge in [-0.25, -0.2) is 0 Å². The molecule has 1 atom stereocenters. The van der Waals surface area contributed by atoms with Crippen molar-refractivity contribution in [1.29, 1.82) is 0 Å². The first-order valence-corrected chi connectivity index (χ1v) is 6.31. The van der Waals surface area contributed by atoms with Crippen LogP contribution in [0.5, 0.6) is 0 Å². The van der Waals surface area contributed by atoms with E-state index in [2.05, 4.69) is 51.8 Å². The van der Waals surface area contributed by atoms with Crippen LogP contribution in [0.25, 0.3) is 0 Å². The van der Waals surface area contributed by atoms with Crippen molar-refractivity contribution >= 4 is 0 Å². The molecule has 1 heterocycles. The smallest absolute Gasteiger partial charge is 0.0201 e. The van der Waals surface area contributed by atoms with Crippen molar-refractivity contribution < 1.29 is 0 Å². The Bertz CT molecular complexity index is 189. The van der Waals surface area contributed by atoms with Crippen LogP contribution in [0.15, 0.2) is 0 Å². The van der Waals surface area contributed by atoms with Crippen molar-refractivity contribution in [3.05, 3.63) is 0 Å². The zero-order valence-electron chi connectivity index (χ0n) is 11.3. The number of hydrogen-bond acceptors (Lipinski definition) is 2. The van der Waals surface area contributed by atoms with E-state index >= 15 is 0 Å². The summed E-state index contributed by atoms with van der Waals surface area (Å²) in [5, 5.41) is 3.65. The molecule has 0 aliphatic carbocycles. The van der Waals surface area contributed by atoms with Crippen LogP contribution in [-0.2, 0) is 0 Å². The third-order valence-electron chi connectivity index (χ3n) is 3.43. The van der Waals surface area contributed by atoms with Gasteiger partial charge in [0.1, 0.15) is 0 Å². The Labute approximate surface area is 95.4 Å². The van der Waals surface area contributed by atoms with E-state index in [0.29, 0.717) is 23.5 Å². The summed E-state index contributed by atoms with van der Waals surface area (Å²) in [6, 6.07) is 1.98. The minimum Gasteiger partial charge on any atom is -0.312 e. The van der Waals surface area contributed by atoms with Gasteiger partial charge in [-0.05, 0) is 39.5 Å². The highest BCUT2D eigenvalue weighted by atomic mass is 15.2. The summed E-state index contributed by atoms with van der Waals surface area (Å²) in [5.74, 6) is 0. The van der Waals surface area contributed by atoms with Gasteiger partial charge in [0.2, 0.25) is 0 Å². The van der Waals surface area contributed by atoms with Crippen LogP contribution in [0.2, 0.25) is 0 Å². The van der Waals surface area contributed by atoms with Gasteiger partial charge in [-0.15, -0.1) is 0 Å². The maximum atomic E-state index is 3.65. The molecule has 0 bridgehead atoms. The van der Waals surface area contributed by atoms with Gasteiger partial charge in [0, 0.05) is 31.2 Å². The van der Waals surface area contributed by atoms with Gasteiger partial charge in [0.15, 0.2) is 0 Å². The van der Waals surface area contributed by atoms with E-state index in [4.69, 9.17) is 0 Å². The van der Waals surface area contributed by atoms with Crippen LogP contribution in [-0.4, -0.2) is 36.1 Å². The largest absolute Gasteiger partial charge is 0.312 e. The Morgan fingerprint density at radius 3 is 2.07 bits per heavy atom. The molecule has 1 saturated heterocycles. The van der Waals surface area contributed by atoms with Crippen LogP contribution in [0.1, 0.15) is 48.0 Å². The van der Waals surface area contributed by atoms with E-state index in [0.717, 1.165) is 0 Å². The summed E-state index contributed by atoms with van der Waals surface area (Å²) in [6.45, 7) is 16.2. The summed E-state index contributed by atoms with van der Waals surface area (Å²) in [4.78, 5) is 2.58. The Kier molecular flexibility index (Phi) is 4.19. The number of nitrogens with zero attached hydrogens (tertiary/aromatic N) is 1. The molecular formula is C13H28N2. The lowest BCUT2D eigenvalue weighted by Gasteiger charge is -2.33. The first-order chi connectivity index (χ1) is 6.82. The van der Waals surface area contributed by atoms with Gasteiger partial charge >= 0.3 is 0 Å². The zero-order chi connectivity index (χ0) is 11.6. The molecule has 0 aromatic heterocycles. The molecule has 1 fully saturated rings. The lowest BCUT2D eigenvalue weighted by Crippen LogP contribution is -2.44. The van der Waals surface area contributed by atoms with Gasteiger partial charge in [0.05, 0.1) is 0 Å². The third kappa shape index (κ3) is 3.76. The molecule has 0 spiro atoms. The molecule has 15 heavy (non-hydrogen) atoms. The first-order valence-electron chi connectivity index (χ1n) is 6.31. The molecule has 1 aliphatic rings. The highest BCUT2D eigenvalue weighted by Crippen LogP contribution is 2.27. The second-order valence-corrected chi connectivity index (χ2v) is 6.33. The first kappa shape index (κ1) is 13.0. The molecule has 2 heteroatoms. The monoisotopic (exact) mass is 212 g/mol. The summed E-state index contributed by atoms with van der Waals surface area (Å²) in [5.41, 5.74) is 0.490. The SMILES string of the molecule is CC(C)N(CC1CC(C)(C)CN1)C(C)C. The Morgan fingerprint density at radius 2 is 1.73 bits per heavy atom. The molecule has 0 saturated carbocycles. The molecule has 2 nitrogen and oxygen atoms in total. The second kappa shape index (κ2) is 4.84. The lowest BCUT2D eigenvalue weighted by atomic mass is 9.90. The predicted molar refractivity (Wildman–Crippen MR) is 67.2 cm³/mol. The van der Waals surface area contributed by atoms with Crippen LogP contribution >= 0.6 is 0 Å². The Morgan fingerprint density at radius 1 is 1.20 bits per heavy atom. The topological polar surface area (TPSA) is 15.3 Å². The average molecular weight is 212 g/mol. The molecule has 0 aromatic carbocycles. The minimum atomic E-state index is 0.490. The van der Waals surface area contributed by atoms with Crippen LogP contribution in [0, 0.1) is 5.41 Å². The van der Waals surface area contributed by atoms with Crippen molar-refractivity contribution in [2.24, 2.45) is 5.41 Å². The third-order valence-corrected chi connectivity index (χ3v) is 3.43. The predicted octanol–water partition coefficient (Wildman–Crippen LogP) is 2.49. The van der Waals surface area contributed by atoms with Crippen molar-refractivity contribution in [2.45, 2.75) is 66.1 Å². The number of hydrogen-bond donors (Lipinski definition) is 1. The van der Waals surface area contributed by atoms with Gasteiger partial charge in [-0.2, -0.15) is 0 Å². The quantitative estimate of drug-likeness (QED) is 0.770. The molecule has 0 radical (unpaired) electrons. The van der Waals surface area contributed by atoms with Crippen molar-refractivity contribution in [3.8, 4) is 0 Å². The van der Waals surface area contributed by atoms with E-state index in [1.54, 1.807) is 0 Å². The van der Waals surface area contributed by atoms with E-state index in [1.165, 1.54) is 19.5 Å². The Hall–Kier alpha value is -0.0800. The van der Waals surface area contributed by atoms with Crippen molar-refractivity contribution in [1.82, 2.24) is 10.2 Å². The fraction of sp³-hybridized carbons (Fsp3) is 1.00. The standard InChI is InChI=1S/C13H28N2/c1-10(2)15(11(3)4)8-12-7-13(5,6)9-14-12/h10-12,14H,7-9H2,1-6H3. The van der Waals surface area contributed by atoms with Crippen LogP contribution in [0.4, 0.5) is 0 Å². The van der Waals surface area contributed by atoms with Gasteiger partial charge < -0.3 is 5.32 Å². The molecule has 1 aliphatic heterocycles. The second-order valence-electron chi connectivity index (χ2n) is 6.33. The Balaban J connectivity index is 2.46. The van der Waals surface area contributed by atoms with E-state index < -0.39 is 0 Å². The molecule has 0 amide bonds. The fourth-order valence-electron chi connectivity index (χ4n) is 2.63. The fourth-order valence-corrected chi connectivity index (χ4v) is 2.63. The van der Waals surface area contributed by atoms with Gasteiger partial charge in [-0.3, -0.25) is 4.90 Å². The normalized spacial score (nSPS) is 25.8. The lowest BCUT2D eigenvalue weighted by molar-refractivity contribution is 0.157. The maximum absolute atomic E-state index is 3.65. The molecule has 90 valence electrons. The number of rotatable bonds is 4. The summed E-state index contributed by atoms with van der Waals surface area (Å²) >= 11 is 0. The highest BCUT2D eigenvalue weighted by molar-refractivity contribution is 4.90. The van der Waals surface area contributed by atoms with Crippen LogP contribution < -0.4 is 5.32 Å². The van der Waals surface area contributed by atoms with Gasteiger partial charge in [-0.1, -0.05) is 13.8 Å². The number of nitrogens with one attached hydrogen (secondary N) is 1. The zero-order valence-corrected chi connectivity index (χ0v) is 11.3. The van der Waals surface area contributed by atoms with Crippen LogP contribution in [0.3, 0.4) is 0 Å². The average Bonchev–Trinajstić information content (AvgIpc) is 2.40. The van der Waals surface area contributed by atoms with Crippen molar-refractivity contribution in [2.75, 3.05) is 13.1 Å². The summed E-state index contributed by atoms with van der Waals surface area (Å²) in [6.07, 6.45) is 1.31. The minimum absolute atomic E-state index is 0.490. The highest BCUT2D eigenvalue weighted by Gasteiger charge is 2.32. The van der Waals surface area contributed by atoms with Gasteiger partial charge in [0.25, 0.3) is 0 Å². The van der Waals surface area contributed by atoms with Crippen molar-refractivity contribution in [3.63, 3.8) is 0 Å². The summed E-state index contributed by atoms with van der Waals surface area (Å²) in [7, 11) is 0. The summed E-state index contributed by atoms with van der Waals surface area (Å²) < 4.78 is 0. The molecule has 1 unspecified atom stereocenters. The molecular weight excluding hydrogens is 184 g/mol. The molecule has 0 aromatic rings. The molecule has 1 rings (SSSR count). The molecule has 1 N–H and O–H groups in total.